The molecule has 1 aromatic heterocycles. The van der Waals surface area contributed by atoms with Crippen LogP contribution in [0.1, 0.15) is 50.0 Å². The number of aryl methyl sites for hydroxylation is 2. The van der Waals surface area contributed by atoms with E-state index in [1.165, 1.54) is 5.56 Å². The molecule has 1 heterocycles. The second-order valence-corrected chi connectivity index (χ2v) is 5.20. The summed E-state index contributed by atoms with van der Waals surface area (Å²) in [7, 11) is 0. The number of hydrogen-bond donors (Lipinski definition) is 1. The molecule has 0 aliphatic rings. The summed E-state index contributed by atoms with van der Waals surface area (Å²) < 4.78 is 5.49. The predicted octanol–water partition coefficient (Wildman–Crippen LogP) is 2.56. The van der Waals surface area contributed by atoms with Crippen molar-refractivity contribution in [2.75, 3.05) is 13.2 Å². The highest BCUT2D eigenvalue weighted by Gasteiger charge is 2.08. The van der Waals surface area contributed by atoms with Gasteiger partial charge in [-0.1, -0.05) is 20.8 Å². The van der Waals surface area contributed by atoms with Crippen molar-refractivity contribution in [3.63, 3.8) is 0 Å². The van der Waals surface area contributed by atoms with Gasteiger partial charge in [-0.15, -0.1) is 0 Å². The third-order valence-electron chi connectivity index (χ3n) is 2.97. The summed E-state index contributed by atoms with van der Waals surface area (Å²) in [5, 5.41) is 3.42. The van der Waals surface area contributed by atoms with Crippen LogP contribution in [0.3, 0.4) is 0 Å². The molecule has 0 aliphatic carbocycles. The Bertz CT molecular complexity index is 368. The van der Waals surface area contributed by atoms with Crippen molar-refractivity contribution in [3.05, 3.63) is 22.8 Å². The maximum Gasteiger partial charge on any atom is 0.154 e. The van der Waals surface area contributed by atoms with E-state index in [1.807, 2.05) is 0 Å². The van der Waals surface area contributed by atoms with Gasteiger partial charge in [0.15, 0.2) is 5.82 Å². The molecule has 0 fully saturated rings. The van der Waals surface area contributed by atoms with E-state index in [0.717, 1.165) is 43.2 Å². The van der Waals surface area contributed by atoms with Gasteiger partial charge >= 0.3 is 0 Å². The van der Waals surface area contributed by atoms with Crippen molar-refractivity contribution >= 4 is 0 Å². The molecular weight excluding hydrogens is 238 g/mol. The first-order chi connectivity index (χ1) is 9.04. The fourth-order valence-electron chi connectivity index (χ4n) is 2.03. The molecular formula is C15H27N3O. The van der Waals surface area contributed by atoms with Crippen molar-refractivity contribution in [3.8, 4) is 0 Å². The number of aromatic nitrogens is 2. The highest BCUT2D eigenvalue weighted by Crippen LogP contribution is 2.11. The molecule has 0 spiro atoms. The minimum Gasteiger partial charge on any atom is -0.373 e. The lowest BCUT2D eigenvalue weighted by atomic mass is 10.1. The summed E-state index contributed by atoms with van der Waals surface area (Å²) in [4.78, 5) is 9.08. The Hall–Kier alpha value is -1.00. The van der Waals surface area contributed by atoms with Gasteiger partial charge < -0.3 is 10.1 Å². The van der Waals surface area contributed by atoms with Gasteiger partial charge in [0.2, 0.25) is 0 Å². The summed E-state index contributed by atoms with van der Waals surface area (Å²) in [5.41, 5.74) is 3.41. The highest BCUT2D eigenvalue weighted by molar-refractivity contribution is 5.24. The normalized spacial score (nSPS) is 11.3. The first-order valence-corrected chi connectivity index (χ1v) is 7.18. The van der Waals surface area contributed by atoms with Gasteiger partial charge in [0.05, 0.1) is 0 Å². The van der Waals surface area contributed by atoms with Crippen LogP contribution in [0.25, 0.3) is 0 Å². The first-order valence-electron chi connectivity index (χ1n) is 7.18. The number of hydrogen-bond acceptors (Lipinski definition) is 4. The quantitative estimate of drug-likeness (QED) is 0.734. The zero-order chi connectivity index (χ0) is 14.3. The molecule has 0 aromatic carbocycles. The molecule has 0 aliphatic heterocycles. The average molecular weight is 265 g/mol. The van der Waals surface area contributed by atoms with E-state index in [4.69, 9.17) is 4.74 Å². The lowest BCUT2D eigenvalue weighted by Gasteiger charge is -2.13. The molecule has 4 nitrogen and oxygen atoms in total. The van der Waals surface area contributed by atoms with Crippen LogP contribution < -0.4 is 5.32 Å². The number of rotatable bonds is 8. The molecule has 0 radical (unpaired) electrons. The van der Waals surface area contributed by atoms with Gasteiger partial charge in [-0.05, 0) is 38.8 Å². The number of nitrogens with one attached hydrogen (secondary N) is 1. The van der Waals surface area contributed by atoms with Gasteiger partial charge in [0, 0.05) is 24.0 Å². The van der Waals surface area contributed by atoms with Crippen LogP contribution in [-0.2, 0) is 17.8 Å². The fourth-order valence-corrected chi connectivity index (χ4v) is 2.03. The zero-order valence-corrected chi connectivity index (χ0v) is 12.9. The van der Waals surface area contributed by atoms with Gasteiger partial charge in [0.25, 0.3) is 0 Å². The molecule has 0 saturated heterocycles. The minimum absolute atomic E-state index is 0.514. The maximum atomic E-state index is 5.49. The van der Waals surface area contributed by atoms with E-state index < -0.39 is 0 Å². The summed E-state index contributed by atoms with van der Waals surface area (Å²) in [6.07, 6.45) is 2.00. The Morgan fingerprint density at radius 1 is 1.16 bits per heavy atom. The molecule has 4 heteroatoms. The van der Waals surface area contributed by atoms with Crippen molar-refractivity contribution in [1.82, 2.24) is 15.3 Å². The topological polar surface area (TPSA) is 47.0 Å². The van der Waals surface area contributed by atoms with Crippen LogP contribution in [0, 0.1) is 13.8 Å². The van der Waals surface area contributed by atoms with Gasteiger partial charge in [0.1, 0.15) is 6.61 Å². The zero-order valence-electron chi connectivity index (χ0n) is 12.9. The van der Waals surface area contributed by atoms with Crippen molar-refractivity contribution in [2.24, 2.45) is 0 Å². The van der Waals surface area contributed by atoms with E-state index in [9.17, 15) is 0 Å². The molecule has 19 heavy (non-hydrogen) atoms. The summed E-state index contributed by atoms with van der Waals surface area (Å²) in [6.45, 7) is 12.8. The van der Waals surface area contributed by atoms with E-state index in [0.29, 0.717) is 12.6 Å². The fraction of sp³-hybridized carbons (Fsp3) is 0.733. The van der Waals surface area contributed by atoms with Gasteiger partial charge in [-0.25, -0.2) is 9.97 Å². The SMILES string of the molecule is CCCOCc1nc(C)c(CCNC(C)C)c(C)n1. The molecule has 0 atom stereocenters. The second-order valence-electron chi connectivity index (χ2n) is 5.20. The van der Waals surface area contributed by atoms with Crippen LogP contribution >= 0.6 is 0 Å². The Labute approximate surface area is 117 Å². The molecule has 1 rings (SSSR count). The summed E-state index contributed by atoms with van der Waals surface area (Å²) in [5.74, 6) is 0.795. The molecule has 108 valence electrons. The van der Waals surface area contributed by atoms with Crippen molar-refractivity contribution in [2.45, 2.75) is 60.1 Å². The van der Waals surface area contributed by atoms with Gasteiger partial charge in [-0.3, -0.25) is 0 Å². The first kappa shape index (κ1) is 16.1. The monoisotopic (exact) mass is 265 g/mol. The Kier molecular flexibility index (Phi) is 6.95. The number of nitrogens with zero attached hydrogens (tertiary/aromatic N) is 2. The van der Waals surface area contributed by atoms with Crippen LogP contribution in [0.4, 0.5) is 0 Å². The lowest BCUT2D eigenvalue weighted by Crippen LogP contribution is -2.25. The molecule has 0 saturated carbocycles. The summed E-state index contributed by atoms with van der Waals surface area (Å²) in [6, 6.07) is 0.517. The average Bonchev–Trinajstić information content (AvgIpc) is 2.32. The van der Waals surface area contributed by atoms with Crippen LogP contribution in [0.5, 0.6) is 0 Å². The smallest absolute Gasteiger partial charge is 0.154 e. The van der Waals surface area contributed by atoms with E-state index >= 15 is 0 Å². The van der Waals surface area contributed by atoms with E-state index in [2.05, 4.69) is 49.9 Å². The largest absolute Gasteiger partial charge is 0.373 e. The van der Waals surface area contributed by atoms with E-state index in [-0.39, 0.29) is 0 Å². The van der Waals surface area contributed by atoms with E-state index in [1.54, 1.807) is 0 Å². The molecule has 0 bridgehead atoms. The number of ether oxygens (including phenoxy) is 1. The molecule has 0 amide bonds. The molecule has 0 unspecified atom stereocenters. The predicted molar refractivity (Wildman–Crippen MR) is 78.3 cm³/mol. The molecule has 1 N–H and O–H groups in total. The van der Waals surface area contributed by atoms with Gasteiger partial charge in [-0.2, -0.15) is 0 Å². The lowest BCUT2D eigenvalue weighted by molar-refractivity contribution is 0.116. The van der Waals surface area contributed by atoms with Crippen LogP contribution in [0.2, 0.25) is 0 Å². The van der Waals surface area contributed by atoms with Crippen molar-refractivity contribution < 1.29 is 4.74 Å². The Morgan fingerprint density at radius 3 is 2.32 bits per heavy atom. The van der Waals surface area contributed by atoms with Crippen LogP contribution in [-0.4, -0.2) is 29.2 Å². The highest BCUT2D eigenvalue weighted by atomic mass is 16.5. The summed E-state index contributed by atoms with van der Waals surface area (Å²) >= 11 is 0. The standard InChI is InChI=1S/C15H27N3O/c1-6-9-19-10-15-17-12(4)14(13(5)18-15)7-8-16-11(2)3/h11,16H,6-10H2,1-5H3. The third-order valence-corrected chi connectivity index (χ3v) is 2.97. The maximum absolute atomic E-state index is 5.49. The third kappa shape index (κ3) is 5.66. The Morgan fingerprint density at radius 2 is 1.79 bits per heavy atom. The van der Waals surface area contributed by atoms with Crippen molar-refractivity contribution in [1.29, 1.82) is 0 Å². The Balaban J connectivity index is 2.63. The van der Waals surface area contributed by atoms with Crippen LogP contribution in [0.15, 0.2) is 0 Å². The minimum atomic E-state index is 0.514. The second kappa shape index (κ2) is 8.23. The molecule has 1 aromatic rings.